The predicted octanol–water partition coefficient (Wildman–Crippen LogP) is 1.43. The van der Waals surface area contributed by atoms with E-state index in [1.165, 1.54) is 0 Å². The Morgan fingerprint density at radius 3 is 2.84 bits per heavy atom. The fraction of sp³-hybridized carbons (Fsp3) is 0.533. The molecular weight excluding hydrogens is 240 g/mol. The number of nitrogens with zero attached hydrogens (tertiary/aromatic N) is 1. The Bertz CT molecular complexity index is 448. The van der Waals surface area contributed by atoms with Crippen LogP contribution in [0.15, 0.2) is 24.3 Å². The molecule has 4 heteroatoms. The molecule has 104 valence electrons. The molecule has 0 spiro atoms. The normalized spacial score (nSPS) is 22.6. The summed E-state index contributed by atoms with van der Waals surface area (Å²) in [6.45, 7) is 3.53. The van der Waals surface area contributed by atoms with E-state index >= 15 is 0 Å². The van der Waals surface area contributed by atoms with Crippen molar-refractivity contribution in [1.82, 2.24) is 4.90 Å². The summed E-state index contributed by atoms with van der Waals surface area (Å²) in [5.74, 6) is 1.38. The lowest BCUT2D eigenvalue weighted by Gasteiger charge is -2.22. The number of rotatable bonds is 4. The van der Waals surface area contributed by atoms with Crippen molar-refractivity contribution >= 4 is 5.91 Å². The van der Waals surface area contributed by atoms with Crippen LogP contribution >= 0.6 is 0 Å². The topological polar surface area (TPSA) is 55.6 Å². The molecule has 19 heavy (non-hydrogen) atoms. The number of benzene rings is 1. The third kappa shape index (κ3) is 3.07. The van der Waals surface area contributed by atoms with Gasteiger partial charge in [0.05, 0.1) is 13.5 Å². The summed E-state index contributed by atoms with van der Waals surface area (Å²) in [5.41, 5.74) is 6.64. The highest BCUT2D eigenvalue weighted by atomic mass is 16.5. The van der Waals surface area contributed by atoms with E-state index in [9.17, 15) is 4.79 Å². The number of carbonyl (C=O) groups is 1. The minimum Gasteiger partial charge on any atom is -0.496 e. The number of amides is 1. The Morgan fingerprint density at radius 2 is 2.21 bits per heavy atom. The van der Waals surface area contributed by atoms with Crippen molar-refractivity contribution in [3.05, 3.63) is 29.8 Å². The number of methoxy groups -OCH3 is 1. The van der Waals surface area contributed by atoms with E-state index in [4.69, 9.17) is 10.5 Å². The van der Waals surface area contributed by atoms with Gasteiger partial charge in [0.1, 0.15) is 5.75 Å². The van der Waals surface area contributed by atoms with E-state index in [0.717, 1.165) is 24.3 Å². The maximum atomic E-state index is 12.4. The maximum Gasteiger partial charge on any atom is 0.227 e. The summed E-state index contributed by atoms with van der Waals surface area (Å²) in [7, 11) is 1.63. The lowest BCUT2D eigenvalue weighted by molar-refractivity contribution is -0.131. The van der Waals surface area contributed by atoms with Gasteiger partial charge in [-0.1, -0.05) is 18.2 Å². The number of likely N-dealkylation sites (tertiary alicyclic amines) is 1. The maximum absolute atomic E-state index is 12.4. The average molecular weight is 262 g/mol. The molecule has 0 aliphatic carbocycles. The van der Waals surface area contributed by atoms with E-state index in [-0.39, 0.29) is 11.9 Å². The molecule has 2 unspecified atom stereocenters. The van der Waals surface area contributed by atoms with Gasteiger partial charge in [0, 0.05) is 18.2 Å². The van der Waals surface area contributed by atoms with Gasteiger partial charge in [-0.05, 0) is 31.9 Å². The van der Waals surface area contributed by atoms with Crippen molar-refractivity contribution in [3.63, 3.8) is 0 Å². The SMILES string of the molecule is COc1ccccc1CC(=O)N1CC(CN)CC1C. The van der Waals surface area contributed by atoms with Crippen molar-refractivity contribution in [2.24, 2.45) is 11.7 Å². The van der Waals surface area contributed by atoms with Crippen molar-refractivity contribution in [2.75, 3.05) is 20.2 Å². The quantitative estimate of drug-likeness (QED) is 0.893. The van der Waals surface area contributed by atoms with E-state index < -0.39 is 0 Å². The molecule has 1 aliphatic rings. The molecule has 4 nitrogen and oxygen atoms in total. The minimum absolute atomic E-state index is 0.160. The van der Waals surface area contributed by atoms with Crippen LogP contribution in [0.2, 0.25) is 0 Å². The van der Waals surface area contributed by atoms with Crippen LogP contribution in [-0.2, 0) is 11.2 Å². The molecule has 1 saturated heterocycles. The van der Waals surface area contributed by atoms with Crippen LogP contribution in [0.25, 0.3) is 0 Å². The Morgan fingerprint density at radius 1 is 1.47 bits per heavy atom. The van der Waals surface area contributed by atoms with Crippen LogP contribution in [0, 0.1) is 5.92 Å². The van der Waals surface area contributed by atoms with Gasteiger partial charge in [0.2, 0.25) is 5.91 Å². The van der Waals surface area contributed by atoms with Gasteiger partial charge in [0.15, 0.2) is 0 Å². The number of hydrogen-bond donors (Lipinski definition) is 1. The number of hydrogen-bond acceptors (Lipinski definition) is 3. The molecule has 2 N–H and O–H groups in total. The molecule has 1 fully saturated rings. The molecule has 2 rings (SSSR count). The van der Waals surface area contributed by atoms with Gasteiger partial charge in [0.25, 0.3) is 0 Å². The second kappa shape index (κ2) is 6.06. The highest BCUT2D eigenvalue weighted by Crippen LogP contribution is 2.24. The summed E-state index contributed by atoms with van der Waals surface area (Å²) < 4.78 is 5.29. The Hall–Kier alpha value is -1.55. The Balaban J connectivity index is 2.05. The van der Waals surface area contributed by atoms with Gasteiger partial charge in [-0.25, -0.2) is 0 Å². The number of para-hydroxylation sites is 1. The third-order valence-corrected chi connectivity index (χ3v) is 3.85. The second-order valence-corrected chi connectivity index (χ2v) is 5.22. The first-order chi connectivity index (χ1) is 9.15. The van der Waals surface area contributed by atoms with E-state index in [1.807, 2.05) is 29.2 Å². The Labute approximate surface area is 114 Å². The first kappa shape index (κ1) is 13.9. The van der Waals surface area contributed by atoms with Gasteiger partial charge in [-0.2, -0.15) is 0 Å². The summed E-state index contributed by atoms with van der Waals surface area (Å²) >= 11 is 0. The van der Waals surface area contributed by atoms with Gasteiger partial charge < -0.3 is 15.4 Å². The van der Waals surface area contributed by atoms with Gasteiger partial charge >= 0.3 is 0 Å². The molecule has 0 bridgehead atoms. The smallest absolute Gasteiger partial charge is 0.227 e. The minimum atomic E-state index is 0.160. The molecule has 1 heterocycles. The van der Waals surface area contributed by atoms with E-state index in [2.05, 4.69) is 6.92 Å². The molecule has 0 saturated carbocycles. The first-order valence-corrected chi connectivity index (χ1v) is 6.77. The van der Waals surface area contributed by atoms with Crippen molar-refractivity contribution in [2.45, 2.75) is 25.8 Å². The zero-order valence-electron chi connectivity index (χ0n) is 11.6. The monoisotopic (exact) mass is 262 g/mol. The van der Waals surface area contributed by atoms with Crippen LogP contribution < -0.4 is 10.5 Å². The van der Waals surface area contributed by atoms with E-state index in [0.29, 0.717) is 18.9 Å². The third-order valence-electron chi connectivity index (χ3n) is 3.85. The van der Waals surface area contributed by atoms with Crippen molar-refractivity contribution in [1.29, 1.82) is 0 Å². The fourth-order valence-electron chi connectivity index (χ4n) is 2.77. The van der Waals surface area contributed by atoms with Crippen LogP contribution in [0.1, 0.15) is 18.9 Å². The van der Waals surface area contributed by atoms with Crippen molar-refractivity contribution in [3.8, 4) is 5.75 Å². The largest absolute Gasteiger partial charge is 0.496 e. The number of ether oxygens (including phenoxy) is 1. The molecule has 2 atom stereocenters. The molecule has 0 aromatic heterocycles. The predicted molar refractivity (Wildman–Crippen MR) is 75.0 cm³/mol. The summed E-state index contributed by atoms with van der Waals surface area (Å²) in [6.07, 6.45) is 1.40. The molecule has 1 amide bonds. The molecule has 1 aromatic rings. The van der Waals surface area contributed by atoms with Crippen molar-refractivity contribution < 1.29 is 9.53 Å². The molecule has 0 radical (unpaired) electrons. The van der Waals surface area contributed by atoms with Crippen LogP contribution in [0.4, 0.5) is 0 Å². The molecular formula is C15H22N2O2. The lowest BCUT2D eigenvalue weighted by Crippen LogP contribution is -2.35. The van der Waals surface area contributed by atoms with Gasteiger partial charge in [-0.3, -0.25) is 4.79 Å². The van der Waals surface area contributed by atoms with Crippen LogP contribution in [0.3, 0.4) is 0 Å². The summed E-state index contributed by atoms with van der Waals surface area (Å²) in [5, 5.41) is 0. The van der Waals surface area contributed by atoms with Crippen LogP contribution in [0.5, 0.6) is 5.75 Å². The summed E-state index contributed by atoms with van der Waals surface area (Å²) in [6, 6.07) is 7.96. The lowest BCUT2D eigenvalue weighted by atomic mass is 10.1. The number of carbonyl (C=O) groups excluding carboxylic acids is 1. The van der Waals surface area contributed by atoms with Crippen LogP contribution in [-0.4, -0.2) is 37.0 Å². The zero-order chi connectivity index (χ0) is 13.8. The zero-order valence-corrected chi connectivity index (χ0v) is 11.6. The first-order valence-electron chi connectivity index (χ1n) is 6.77. The standard InChI is InChI=1S/C15H22N2O2/c1-11-7-12(9-16)10-17(11)15(18)8-13-5-3-4-6-14(13)19-2/h3-6,11-12H,7-10,16H2,1-2H3. The average Bonchev–Trinajstić information content (AvgIpc) is 2.80. The molecule has 1 aromatic carbocycles. The molecule has 1 aliphatic heterocycles. The highest BCUT2D eigenvalue weighted by Gasteiger charge is 2.31. The van der Waals surface area contributed by atoms with E-state index in [1.54, 1.807) is 7.11 Å². The van der Waals surface area contributed by atoms with Gasteiger partial charge in [-0.15, -0.1) is 0 Å². The fourth-order valence-corrected chi connectivity index (χ4v) is 2.77. The highest BCUT2D eigenvalue weighted by molar-refractivity contribution is 5.80. The Kier molecular flexibility index (Phi) is 4.43. The second-order valence-electron chi connectivity index (χ2n) is 5.22. The summed E-state index contributed by atoms with van der Waals surface area (Å²) in [4.78, 5) is 14.3. The number of nitrogens with two attached hydrogens (primary N) is 1.